The second-order valence-corrected chi connectivity index (χ2v) is 5.41. The molecule has 2 aromatic carbocycles. The molecule has 0 saturated carbocycles. The van der Waals surface area contributed by atoms with E-state index in [9.17, 15) is 9.50 Å². The summed E-state index contributed by atoms with van der Waals surface area (Å²) in [5.74, 6) is -0.479. The fourth-order valence-electron chi connectivity index (χ4n) is 1.93. The molecule has 0 aliphatic heterocycles. The van der Waals surface area contributed by atoms with Gasteiger partial charge in [0.2, 0.25) is 0 Å². The molecule has 0 saturated heterocycles. The molecule has 0 radical (unpaired) electrons. The van der Waals surface area contributed by atoms with Crippen molar-refractivity contribution in [3.8, 4) is 5.75 Å². The summed E-state index contributed by atoms with van der Waals surface area (Å²) in [7, 11) is 0. The van der Waals surface area contributed by atoms with E-state index in [-0.39, 0.29) is 11.8 Å². The monoisotopic (exact) mass is 323 g/mol. The van der Waals surface area contributed by atoms with Gasteiger partial charge in [0.05, 0.1) is 6.04 Å². The lowest BCUT2D eigenvalue weighted by atomic mass is 10.1. The summed E-state index contributed by atoms with van der Waals surface area (Å²) in [5.41, 5.74) is 2.76. The summed E-state index contributed by atoms with van der Waals surface area (Å²) < 4.78 is 13.9. The van der Waals surface area contributed by atoms with Gasteiger partial charge in [-0.15, -0.1) is 0 Å². The van der Waals surface area contributed by atoms with Gasteiger partial charge in [-0.05, 0) is 53.5 Å². The summed E-state index contributed by atoms with van der Waals surface area (Å²) in [4.78, 5) is 0. The van der Waals surface area contributed by atoms with E-state index in [1.165, 1.54) is 6.07 Å². The lowest BCUT2D eigenvalue weighted by Gasteiger charge is -2.18. The van der Waals surface area contributed by atoms with Crippen LogP contribution in [0.15, 0.2) is 40.9 Å². The number of nitrogens with one attached hydrogen (secondary N) is 1. The zero-order chi connectivity index (χ0) is 14.0. The molecule has 0 bridgehead atoms. The van der Waals surface area contributed by atoms with Gasteiger partial charge in [-0.3, -0.25) is 0 Å². The van der Waals surface area contributed by atoms with E-state index in [0.29, 0.717) is 5.56 Å². The lowest BCUT2D eigenvalue weighted by molar-refractivity contribution is 0.459. The summed E-state index contributed by atoms with van der Waals surface area (Å²) in [6, 6.07) is 9.92. The summed E-state index contributed by atoms with van der Waals surface area (Å²) in [6.07, 6.45) is 0. The van der Waals surface area contributed by atoms with Crippen molar-refractivity contribution in [2.24, 2.45) is 0 Å². The molecule has 19 heavy (non-hydrogen) atoms. The maximum absolute atomic E-state index is 13.0. The first-order valence-electron chi connectivity index (χ1n) is 5.98. The Morgan fingerprint density at radius 3 is 2.58 bits per heavy atom. The Morgan fingerprint density at radius 2 is 1.95 bits per heavy atom. The maximum atomic E-state index is 13.0. The molecular formula is C15H15BrFNO. The van der Waals surface area contributed by atoms with Crippen molar-refractivity contribution in [1.29, 1.82) is 0 Å². The molecular weight excluding hydrogens is 309 g/mol. The number of anilines is 1. The fourth-order valence-corrected chi connectivity index (χ4v) is 2.54. The molecule has 0 fully saturated rings. The summed E-state index contributed by atoms with van der Waals surface area (Å²) in [5, 5.41) is 13.0. The van der Waals surface area contributed by atoms with Crippen LogP contribution in [-0.4, -0.2) is 5.11 Å². The largest absolute Gasteiger partial charge is 0.507 e. The van der Waals surface area contributed by atoms with Crippen LogP contribution in [0.5, 0.6) is 5.75 Å². The molecule has 0 aromatic heterocycles. The molecule has 2 nitrogen and oxygen atoms in total. The maximum Gasteiger partial charge on any atom is 0.126 e. The number of aromatic hydroxyl groups is 1. The van der Waals surface area contributed by atoms with Crippen molar-refractivity contribution in [3.05, 3.63) is 57.8 Å². The molecule has 0 heterocycles. The van der Waals surface area contributed by atoms with Gasteiger partial charge < -0.3 is 10.4 Å². The van der Waals surface area contributed by atoms with E-state index in [4.69, 9.17) is 0 Å². The van der Waals surface area contributed by atoms with E-state index >= 15 is 0 Å². The van der Waals surface area contributed by atoms with Gasteiger partial charge in [0.1, 0.15) is 11.6 Å². The van der Waals surface area contributed by atoms with Crippen LogP contribution >= 0.6 is 15.9 Å². The molecule has 1 atom stereocenters. The highest BCUT2D eigenvalue weighted by atomic mass is 79.9. The van der Waals surface area contributed by atoms with Crippen LogP contribution in [0.4, 0.5) is 10.1 Å². The molecule has 1 unspecified atom stereocenters. The van der Waals surface area contributed by atoms with Crippen molar-refractivity contribution in [1.82, 2.24) is 0 Å². The number of aryl methyl sites for hydroxylation is 1. The second-order valence-electron chi connectivity index (χ2n) is 4.55. The van der Waals surface area contributed by atoms with Gasteiger partial charge in [0.25, 0.3) is 0 Å². The number of benzene rings is 2. The van der Waals surface area contributed by atoms with Crippen LogP contribution in [0.2, 0.25) is 0 Å². The number of rotatable bonds is 3. The zero-order valence-electron chi connectivity index (χ0n) is 10.7. The Bertz CT molecular complexity index is 601. The molecule has 0 spiro atoms. The fraction of sp³-hybridized carbons (Fsp3) is 0.200. The molecule has 0 aliphatic carbocycles. The van der Waals surface area contributed by atoms with E-state index in [1.807, 2.05) is 32.0 Å². The number of phenols is 1. The third-order valence-corrected chi connectivity index (χ3v) is 3.61. The van der Waals surface area contributed by atoms with Gasteiger partial charge in [0, 0.05) is 21.8 Å². The molecule has 0 amide bonds. The van der Waals surface area contributed by atoms with Gasteiger partial charge in [-0.25, -0.2) is 4.39 Å². The first-order valence-corrected chi connectivity index (χ1v) is 6.78. The van der Waals surface area contributed by atoms with Crippen molar-refractivity contribution in [2.45, 2.75) is 19.9 Å². The Kier molecular flexibility index (Phi) is 4.10. The standard InChI is InChI=1S/C15H15BrFNO/c1-9-3-6-14(13(16)7-9)18-10(2)12-5-4-11(17)8-15(12)19/h3-8,10,18-19H,1-2H3. The predicted octanol–water partition coefficient (Wildman–Crippen LogP) is 4.78. The van der Waals surface area contributed by atoms with Gasteiger partial charge in [-0.1, -0.05) is 12.1 Å². The van der Waals surface area contributed by atoms with E-state index < -0.39 is 5.82 Å². The van der Waals surface area contributed by atoms with Crippen LogP contribution in [0.25, 0.3) is 0 Å². The normalized spacial score (nSPS) is 12.2. The molecule has 100 valence electrons. The Labute approximate surface area is 120 Å². The van der Waals surface area contributed by atoms with Crippen molar-refractivity contribution >= 4 is 21.6 Å². The molecule has 0 aliphatic rings. The van der Waals surface area contributed by atoms with Gasteiger partial charge >= 0.3 is 0 Å². The van der Waals surface area contributed by atoms with E-state index in [0.717, 1.165) is 21.8 Å². The number of phenolic OH excluding ortho intramolecular Hbond substituents is 1. The van der Waals surface area contributed by atoms with Crippen LogP contribution in [0.1, 0.15) is 24.1 Å². The average Bonchev–Trinajstić information content (AvgIpc) is 2.32. The first-order chi connectivity index (χ1) is 8.97. The van der Waals surface area contributed by atoms with Crippen LogP contribution < -0.4 is 5.32 Å². The van der Waals surface area contributed by atoms with E-state index in [1.54, 1.807) is 6.07 Å². The molecule has 4 heteroatoms. The second kappa shape index (κ2) is 5.61. The molecule has 2 N–H and O–H groups in total. The number of hydrogen-bond donors (Lipinski definition) is 2. The molecule has 2 rings (SSSR count). The first kappa shape index (κ1) is 13.9. The quantitative estimate of drug-likeness (QED) is 0.852. The highest BCUT2D eigenvalue weighted by Gasteiger charge is 2.12. The van der Waals surface area contributed by atoms with Crippen molar-refractivity contribution < 1.29 is 9.50 Å². The minimum Gasteiger partial charge on any atom is -0.507 e. The predicted molar refractivity (Wildman–Crippen MR) is 79.0 cm³/mol. The van der Waals surface area contributed by atoms with Gasteiger partial charge in [0.15, 0.2) is 0 Å². The minimum absolute atomic E-state index is 0.0387. The topological polar surface area (TPSA) is 32.3 Å². The minimum atomic E-state index is -0.440. The van der Waals surface area contributed by atoms with Crippen LogP contribution in [0, 0.1) is 12.7 Å². The number of hydrogen-bond acceptors (Lipinski definition) is 2. The third kappa shape index (κ3) is 3.26. The average molecular weight is 324 g/mol. The van der Waals surface area contributed by atoms with E-state index in [2.05, 4.69) is 21.2 Å². The molecule has 2 aromatic rings. The zero-order valence-corrected chi connectivity index (χ0v) is 12.3. The smallest absolute Gasteiger partial charge is 0.126 e. The summed E-state index contributed by atoms with van der Waals surface area (Å²) >= 11 is 3.49. The highest BCUT2D eigenvalue weighted by molar-refractivity contribution is 9.10. The van der Waals surface area contributed by atoms with Crippen molar-refractivity contribution in [2.75, 3.05) is 5.32 Å². The number of halogens is 2. The highest BCUT2D eigenvalue weighted by Crippen LogP contribution is 2.31. The Balaban J connectivity index is 2.23. The van der Waals surface area contributed by atoms with Crippen LogP contribution in [-0.2, 0) is 0 Å². The Morgan fingerprint density at radius 1 is 1.21 bits per heavy atom. The van der Waals surface area contributed by atoms with Gasteiger partial charge in [-0.2, -0.15) is 0 Å². The lowest BCUT2D eigenvalue weighted by Crippen LogP contribution is -2.07. The van der Waals surface area contributed by atoms with Crippen molar-refractivity contribution in [3.63, 3.8) is 0 Å². The third-order valence-electron chi connectivity index (χ3n) is 2.96. The summed E-state index contributed by atoms with van der Waals surface area (Å²) in [6.45, 7) is 3.93. The SMILES string of the molecule is Cc1ccc(NC(C)c2ccc(F)cc2O)c(Br)c1. The van der Waals surface area contributed by atoms with Crippen LogP contribution in [0.3, 0.4) is 0 Å². The Hall–Kier alpha value is -1.55.